The van der Waals surface area contributed by atoms with Crippen molar-refractivity contribution in [2.45, 2.75) is 57.8 Å². The molecule has 3 rings (SSSR count). The fourth-order valence-electron chi connectivity index (χ4n) is 3.93. The first-order chi connectivity index (χ1) is 19.6. The van der Waals surface area contributed by atoms with E-state index in [4.69, 9.17) is 0 Å². The molecular weight excluding hydrogens is 542 g/mol. The zero-order valence-corrected chi connectivity index (χ0v) is 24.4. The minimum Gasteiger partial charge on any atom is -0.383 e. The summed E-state index contributed by atoms with van der Waals surface area (Å²) < 4.78 is 28.0. The molecule has 11 heteroatoms. The molecule has 0 aliphatic rings. The van der Waals surface area contributed by atoms with Crippen LogP contribution in [0.2, 0.25) is 0 Å². The number of amides is 3. The van der Waals surface area contributed by atoms with Gasteiger partial charge in [-0.1, -0.05) is 45.7 Å². The number of hydrogen-bond acceptors (Lipinski definition) is 7. The van der Waals surface area contributed by atoms with E-state index in [0.717, 1.165) is 19.3 Å². The molecule has 0 saturated heterocycles. The Balaban J connectivity index is 1.84. The Kier molecular flexibility index (Phi) is 11.4. The Hall–Kier alpha value is -4.25. The zero-order chi connectivity index (χ0) is 29.8. The summed E-state index contributed by atoms with van der Waals surface area (Å²) in [5.74, 6) is -1.09. The summed E-state index contributed by atoms with van der Waals surface area (Å²) in [6.07, 6.45) is 6.32. The molecule has 0 radical (unpaired) electrons. The maximum Gasteiger partial charge on any atom is 0.266 e. The number of nitrogens with zero attached hydrogens (tertiary/aromatic N) is 1. The number of unbranched alkanes of at least 4 members (excludes halogenated alkanes) is 2. The number of pyridine rings is 1. The van der Waals surface area contributed by atoms with Crippen LogP contribution in [0.3, 0.4) is 0 Å². The van der Waals surface area contributed by atoms with Crippen LogP contribution in [0.1, 0.15) is 73.6 Å². The predicted octanol–water partition coefficient (Wildman–Crippen LogP) is 5.43. The molecule has 0 spiro atoms. The van der Waals surface area contributed by atoms with Gasteiger partial charge in [-0.15, -0.1) is 0 Å². The molecule has 0 atom stereocenters. The second-order valence-electron chi connectivity index (χ2n) is 10.00. The molecule has 218 valence electrons. The second kappa shape index (κ2) is 14.9. The highest BCUT2D eigenvalue weighted by Crippen LogP contribution is 2.27. The molecule has 4 N–H and O–H groups in total. The molecule has 10 nitrogen and oxygen atoms in total. The van der Waals surface area contributed by atoms with Gasteiger partial charge in [0.1, 0.15) is 4.90 Å². The molecule has 41 heavy (non-hydrogen) atoms. The average molecular weight is 580 g/mol. The van der Waals surface area contributed by atoms with Crippen molar-refractivity contribution < 1.29 is 22.8 Å². The largest absolute Gasteiger partial charge is 0.383 e. The molecule has 3 amide bonds. The van der Waals surface area contributed by atoms with Crippen molar-refractivity contribution in [3.8, 4) is 0 Å². The summed E-state index contributed by atoms with van der Waals surface area (Å²) in [5, 5.41) is 8.79. The Bertz CT molecular complexity index is 1460. The van der Waals surface area contributed by atoms with E-state index in [0.29, 0.717) is 35.8 Å². The minimum atomic E-state index is -4.22. The number of hydrogen-bond donors (Lipinski definition) is 4. The molecular formula is C30H37N5O5S. The Morgan fingerprint density at radius 1 is 0.829 bits per heavy atom. The van der Waals surface area contributed by atoms with Crippen LogP contribution in [0.4, 0.5) is 17.1 Å². The van der Waals surface area contributed by atoms with Crippen LogP contribution in [-0.2, 0) is 14.8 Å². The van der Waals surface area contributed by atoms with E-state index < -0.39 is 21.8 Å². The van der Waals surface area contributed by atoms with E-state index in [1.165, 1.54) is 36.7 Å². The molecule has 2 aromatic carbocycles. The van der Waals surface area contributed by atoms with Crippen molar-refractivity contribution in [3.63, 3.8) is 0 Å². The van der Waals surface area contributed by atoms with Crippen LogP contribution >= 0.6 is 0 Å². The highest BCUT2D eigenvalue weighted by atomic mass is 32.2. The van der Waals surface area contributed by atoms with E-state index in [2.05, 4.69) is 39.5 Å². The lowest BCUT2D eigenvalue weighted by atomic mass is 10.1. The summed E-state index contributed by atoms with van der Waals surface area (Å²) >= 11 is 0. The van der Waals surface area contributed by atoms with Crippen molar-refractivity contribution >= 4 is 44.8 Å². The van der Waals surface area contributed by atoms with E-state index in [1.807, 2.05) is 6.92 Å². The minimum absolute atomic E-state index is 0.0212. The van der Waals surface area contributed by atoms with E-state index >= 15 is 0 Å². The number of sulfonamides is 1. The number of carbonyl (C=O) groups is 3. The molecule has 0 unspecified atom stereocenters. The van der Waals surface area contributed by atoms with Crippen LogP contribution in [0.25, 0.3) is 0 Å². The molecule has 0 aliphatic carbocycles. The van der Waals surface area contributed by atoms with Gasteiger partial charge >= 0.3 is 0 Å². The number of anilines is 3. The van der Waals surface area contributed by atoms with Gasteiger partial charge in [-0.3, -0.25) is 19.4 Å². The molecule has 1 heterocycles. The van der Waals surface area contributed by atoms with Crippen LogP contribution in [-0.4, -0.2) is 37.7 Å². The van der Waals surface area contributed by atoms with Gasteiger partial charge in [0.25, 0.3) is 21.8 Å². The molecule has 0 aliphatic heterocycles. The fraction of sp³-hybridized carbons (Fsp3) is 0.333. The van der Waals surface area contributed by atoms with Gasteiger partial charge in [-0.2, -0.15) is 0 Å². The SMILES string of the molecule is CCCCCC(=O)NS(=O)(=O)c1ccccc1NC(=O)c1ccc(NCCC(C)C)c(NC(=O)c2ccncc2)c1. The average Bonchev–Trinajstić information content (AvgIpc) is 2.94. The monoisotopic (exact) mass is 579 g/mol. The first-order valence-corrected chi connectivity index (χ1v) is 15.1. The maximum atomic E-state index is 13.3. The first-order valence-electron chi connectivity index (χ1n) is 13.7. The van der Waals surface area contributed by atoms with Gasteiger partial charge in [0.2, 0.25) is 5.91 Å². The Labute approximate surface area is 241 Å². The third-order valence-corrected chi connectivity index (χ3v) is 7.62. The van der Waals surface area contributed by atoms with Crippen molar-refractivity contribution in [3.05, 3.63) is 78.1 Å². The lowest BCUT2D eigenvalue weighted by Crippen LogP contribution is -2.31. The van der Waals surface area contributed by atoms with Gasteiger partial charge in [-0.05, 0) is 61.2 Å². The summed E-state index contributed by atoms with van der Waals surface area (Å²) in [6.45, 7) is 6.87. The third kappa shape index (κ3) is 9.42. The number of rotatable bonds is 14. The van der Waals surface area contributed by atoms with Crippen molar-refractivity contribution in [1.29, 1.82) is 0 Å². The van der Waals surface area contributed by atoms with Gasteiger partial charge < -0.3 is 16.0 Å². The summed E-state index contributed by atoms with van der Waals surface area (Å²) in [7, 11) is -4.22. The second-order valence-corrected chi connectivity index (χ2v) is 11.6. The fourth-order valence-corrected chi connectivity index (χ4v) is 5.10. The van der Waals surface area contributed by atoms with Gasteiger partial charge in [0, 0.05) is 36.5 Å². The standard InChI is InChI=1S/C30H37N5O5S/c1-4-5-6-11-28(36)35-41(39,40)27-10-8-7-9-25(27)33-30(38)23-12-13-24(32-19-14-21(2)3)26(20-23)34-29(37)22-15-17-31-18-16-22/h7-10,12-13,15-18,20-21,32H,4-6,11,14,19H2,1-3H3,(H,33,38)(H,34,37)(H,35,36). The van der Waals surface area contributed by atoms with E-state index in [-0.39, 0.29) is 28.5 Å². The number of benzene rings is 2. The van der Waals surface area contributed by atoms with Gasteiger partial charge in [0.15, 0.2) is 0 Å². The summed E-state index contributed by atoms with van der Waals surface area (Å²) in [4.78, 5) is 42.1. The maximum absolute atomic E-state index is 13.3. The third-order valence-electron chi connectivity index (χ3n) is 6.19. The number of para-hydroxylation sites is 1. The van der Waals surface area contributed by atoms with Gasteiger partial charge in [-0.25, -0.2) is 13.1 Å². The lowest BCUT2D eigenvalue weighted by molar-refractivity contribution is -0.119. The molecule has 0 bridgehead atoms. The number of aromatic nitrogens is 1. The van der Waals surface area contributed by atoms with Crippen LogP contribution in [0, 0.1) is 5.92 Å². The van der Waals surface area contributed by atoms with Crippen molar-refractivity contribution in [2.75, 3.05) is 22.5 Å². The number of carbonyl (C=O) groups excluding carboxylic acids is 3. The molecule has 3 aromatic rings. The lowest BCUT2D eigenvalue weighted by Gasteiger charge is -2.16. The molecule has 0 fully saturated rings. The molecule has 1 aromatic heterocycles. The Morgan fingerprint density at radius 3 is 2.22 bits per heavy atom. The quantitative estimate of drug-likeness (QED) is 0.186. The highest BCUT2D eigenvalue weighted by molar-refractivity contribution is 7.90. The molecule has 0 saturated carbocycles. The van der Waals surface area contributed by atoms with Crippen LogP contribution in [0.5, 0.6) is 0 Å². The first kappa shape index (κ1) is 31.3. The van der Waals surface area contributed by atoms with Gasteiger partial charge in [0.05, 0.1) is 17.1 Å². The smallest absolute Gasteiger partial charge is 0.266 e. The summed E-state index contributed by atoms with van der Waals surface area (Å²) in [5.41, 5.74) is 1.65. The zero-order valence-electron chi connectivity index (χ0n) is 23.6. The predicted molar refractivity (Wildman–Crippen MR) is 160 cm³/mol. The van der Waals surface area contributed by atoms with Crippen molar-refractivity contribution in [2.24, 2.45) is 5.92 Å². The summed E-state index contributed by atoms with van der Waals surface area (Å²) in [6, 6.07) is 13.8. The van der Waals surface area contributed by atoms with E-state index in [1.54, 1.807) is 30.3 Å². The van der Waals surface area contributed by atoms with Crippen molar-refractivity contribution in [1.82, 2.24) is 9.71 Å². The Morgan fingerprint density at radius 2 is 1.51 bits per heavy atom. The highest BCUT2D eigenvalue weighted by Gasteiger charge is 2.22. The van der Waals surface area contributed by atoms with Crippen LogP contribution < -0.4 is 20.7 Å². The van der Waals surface area contributed by atoms with E-state index in [9.17, 15) is 22.8 Å². The topological polar surface area (TPSA) is 146 Å². The van der Waals surface area contributed by atoms with Crippen LogP contribution in [0.15, 0.2) is 71.9 Å². The number of nitrogens with one attached hydrogen (secondary N) is 4. The normalized spacial score (nSPS) is 11.1.